The van der Waals surface area contributed by atoms with Crippen molar-refractivity contribution in [2.45, 2.75) is 13.5 Å². The van der Waals surface area contributed by atoms with Crippen LogP contribution in [0.5, 0.6) is 0 Å². The molecule has 1 heterocycles. The van der Waals surface area contributed by atoms with E-state index >= 15 is 0 Å². The summed E-state index contributed by atoms with van der Waals surface area (Å²) in [6.45, 7) is 1.70. The summed E-state index contributed by atoms with van der Waals surface area (Å²) in [4.78, 5) is 35.8. The number of rotatable bonds is 4. The van der Waals surface area contributed by atoms with Crippen LogP contribution in [0.1, 0.15) is 11.1 Å². The fraction of sp³-hybridized carbons (Fsp3) is 0.231. The molecular formula is C13H14N4O4. The summed E-state index contributed by atoms with van der Waals surface area (Å²) in [5.74, 6) is 0. The highest BCUT2D eigenvalue weighted by molar-refractivity contribution is 5.66. The molecule has 0 atom stereocenters. The van der Waals surface area contributed by atoms with Crippen LogP contribution in [0.4, 0.5) is 11.4 Å². The molecule has 8 nitrogen and oxygen atoms in total. The van der Waals surface area contributed by atoms with Crippen LogP contribution in [0.25, 0.3) is 0 Å². The van der Waals surface area contributed by atoms with Crippen LogP contribution >= 0.6 is 0 Å². The predicted molar refractivity (Wildman–Crippen MR) is 77.8 cm³/mol. The van der Waals surface area contributed by atoms with E-state index in [1.807, 2.05) is 0 Å². The van der Waals surface area contributed by atoms with Gasteiger partial charge in [0.1, 0.15) is 5.69 Å². The predicted octanol–water partition coefficient (Wildman–Crippen LogP) is 0.843. The molecule has 0 unspecified atom stereocenters. The van der Waals surface area contributed by atoms with Crippen LogP contribution in [-0.2, 0) is 6.54 Å². The highest BCUT2D eigenvalue weighted by Crippen LogP contribution is 2.28. The third kappa shape index (κ3) is 2.83. The van der Waals surface area contributed by atoms with Gasteiger partial charge in [0.05, 0.1) is 11.5 Å². The quantitative estimate of drug-likeness (QED) is 0.640. The molecule has 0 fully saturated rings. The molecule has 0 aliphatic heterocycles. The van der Waals surface area contributed by atoms with Gasteiger partial charge in [0.25, 0.3) is 11.2 Å². The van der Waals surface area contributed by atoms with Gasteiger partial charge in [0, 0.05) is 30.4 Å². The number of H-pyrrole nitrogens is 1. The Balaban J connectivity index is 2.52. The fourth-order valence-corrected chi connectivity index (χ4v) is 2.08. The minimum Gasteiger partial charge on any atom is -0.382 e. The van der Waals surface area contributed by atoms with Gasteiger partial charge in [0.15, 0.2) is 0 Å². The maximum atomic E-state index is 11.8. The van der Waals surface area contributed by atoms with Crippen molar-refractivity contribution < 1.29 is 4.92 Å². The molecule has 2 rings (SSSR count). The van der Waals surface area contributed by atoms with E-state index in [1.165, 1.54) is 16.8 Å². The van der Waals surface area contributed by atoms with E-state index < -0.39 is 16.2 Å². The molecule has 2 N–H and O–H groups in total. The first kappa shape index (κ1) is 14.5. The van der Waals surface area contributed by atoms with Crippen molar-refractivity contribution in [2.24, 2.45) is 0 Å². The average molecular weight is 290 g/mol. The molecule has 110 valence electrons. The zero-order valence-corrected chi connectivity index (χ0v) is 11.5. The van der Waals surface area contributed by atoms with Gasteiger partial charge in [-0.1, -0.05) is 12.1 Å². The molecule has 0 spiro atoms. The normalized spacial score (nSPS) is 10.4. The van der Waals surface area contributed by atoms with Gasteiger partial charge in [-0.3, -0.25) is 24.5 Å². The summed E-state index contributed by atoms with van der Waals surface area (Å²) < 4.78 is 1.30. The highest BCUT2D eigenvalue weighted by Gasteiger charge is 2.16. The maximum Gasteiger partial charge on any atom is 0.328 e. The van der Waals surface area contributed by atoms with Crippen molar-refractivity contribution in [3.8, 4) is 0 Å². The number of benzene rings is 1. The van der Waals surface area contributed by atoms with E-state index in [-0.39, 0.29) is 12.2 Å². The van der Waals surface area contributed by atoms with E-state index in [0.717, 1.165) is 0 Å². The van der Waals surface area contributed by atoms with Gasteiger partial charge in [0.2, 0.25) is 0 Å². The number of hydrogen-bond donors (Lipinski definition) is 2. The topological polar surface area (TPSA) is 110 Å². The lowest BCUT2D eigenvalue weighted by Gasteiger charge is -2.11. The average Bonchev–Trinajstić information content (AvgIpc) is 2.44. The second-order valence-corrected chi connectivity index (χ2v) is 4.52. The number of aromatic amines is 1. The molecule has 0 aliphatic carbocycles. The number of nitro groups is 1. The van der Waals surface area contributed by atoms with E-state index in [1.54, 1.807) is 26.1 Å². The molecule has 1 aromatic carbocycles. The third-order valence-electron chi connectivity index (χ3n) is 3.11. The Morgan fingerprint density at radius 1 is 1.38 bits per heavy atom. The fourth-order valence-electron chi connectivity index (χ4n) is 2.08. The third-order valence-corrected chi connectivity index (χ3v) is 3.11. The molecule has 0 amide bonds. The number of para-hydroxylation sites is 1. The monoisotopic (exact) mass is 290 g/mol. The van der Waals surface area contributed by atoms with Gasteiger partial charge in [-0.05, 0) is 6.92 Å². The summed E-state index contributed by atoms with van der Waals surface area (Å²) in [6.07, 6.45) is 1.43. The Bertz CT molecular complexity index is 807. The second-order valence-electron chi connectivity index (χ2n) is 4.52. The smallest absolute Gasteiger partial charge is 0.328 e. The molecule has 0 radical (unpaired) electrons. The van der Waals surface area contributed by atoms with Gasteiger partial charge in [-0.25, -0.2) is 4.79 Å². The molecule has 8 heteroatoms. The first-order valence-electron chi connectivity index (χ1n) is 6.18. The van der Waals surface area contributed by atoms with Gasteiger partial charge in [-0.15, -0.1) is 0 Å². The number of aromatic nitrogens is 2. The summed E-state index contributed by atoms with van der Waals surface area (Å²) in [7, 11) is 1.58. The molecule has 1 aromatic heterocycles. The largest absolute Gasteiger partial charge is 0.382 e. The van der Waals surface area contributed by atoms with Gasteiger partial charge >= 0.3 is 5.69 Å². The van der Waals surface area contributed by atoms with Crippen LogP contribution in [0.3, 0.4) is 0 Å². The Morgan fingerprint density at radius 3 is 2.71 bits per heavy atom. The van der Waals surface area contributed by atoms with Crippen molar-refractivity contribution in [1.82, 2.24) is 9.55 Å². The highest BCUT2D eigenvalue weighted by atomic mass is 16.6. The minimum atomic E-state index is -0.556. The van der Waals surface area contributed by atoms with Gasteiger partial charge in [-0.2, -0.15) is 0 Å². The SMILES string of the molecule is CNc1c(Cn2cc(C)c(=O)[nH]c2=O)cccc1[N+](=O)[O-]. The molecule has 0 saturated heterocycles. The lowest BCUT2D eigenvalue weighted by molar-refractivity contribution is -0.384. The molecular weight excluding hydrogens is 276 g/mol. The number of nitro benzene ring substituents is 1. The van der Waals surface area contributed by atoms with E-state index in [9.17, 15) is 19.7 Å². The van der Waals surface area contributed by atoms with Crippen LogP contribution in [0.2, 0.25) is 0 Å². The van der Waals surface area contributed by atoms with Crippen LogP contribution in [0, 0.1) is 17.0 Å². The Labute approximate surface area is 119 Å². The van der Waals surface area contributed by atoms with Crippen LogP contribution < -0.4 is 16.6 Å². The van der Waals surface area contributed by atoms with E-state index in [4.69, 9.17) is 0 Å². The number of aryl methyl sites for hydroxylation is 1. The molecule has 0 aliphatic rings. The van der Waals surface area contributed by atoms with Crippen molar-refractivity contribution in [3.05, 3.63) is 66.5 Å². The second kappa shape index (κ2) is 5.61. The molecule has 21 heavy (non-hydrogen) atoms. The van der Waals surface area contributed by atoms with Crippen LogP contribution in [0.15, 0.2) is 34.0 Å². The summed E-state index contributed by atoms with van der Waals surface area (Å²) >= 11 is 0. The molecule has 0 saturated carbocycles. The van der Waals surface area contributed by atoms with Gasteiger partial charge < -0.3 is 5.32 Å². The zero-order valence-electron chi connectivity index (χ0n) is 11.5. The lowest BCUT2D eigenvalue weighted by Crippen LogP contribution is -2.31. The summed E-state index contributed by atoms with van der Waals surface area (Å²) in [6, 6.07) is 4.62. The first-order valence-corrected chi connectivity index (χ1v) is 6.18. The van der Waals surface area contributed by atoms with E-state index in [2.05, 4.69) is 10.3 Å². The number of nitrogens with one attached hydrogen (secondary N) is 2. The van der Waals surface area contributed by atoms with Crippen molar-refractivity contribution in [3.63, 3.8) is 0 Å². The zero-order chi connectivity index (χ0) is 15.6. The standard InChI is InChI=1S/C13H14N4O4/c1-8-6-16(13(19)15-12(8)18)7-9-4-3-5-10(17(20)21)11(9)14-2/h3-6,14H,7H2,1-2H3,(H,15,18,19). The summed E-state index contributed by atoms with van der Waals surface area (Å²) in [5, 5.41) is 13.8. The Morgan fingerprint density at radius 2 is 2.10 bits per heavy atom. The lowest BCUT2D eigenvalue weighted by atomic mass is 10.1. The van der Waals surface area contributed by atoms with Crippen LogP contribution in [-0.4, -0.2) is 21.5 Å². The van der Waals surface area contributed by atoms with Crippen molar-refractivity contribution >= 4 is 11.4 Å². The molecule has 2 aromatic rings. The van der Waals surface area contributed by atoms with E-state index in [0.29, 0.717) is 16.8 Å². The number of hydrogen-bond acceptors (Lipinski definition) is 5. The minimum absolute atomic E-state index is 0.0656. The van der Waals surface area contributed by atoms with Crippen molar-refractivity contribution in [2.75, 3.05) is 12.4 Å². The van der Waals surface area contributed by atoms with Crippen molar-refractivity contribution in [1.29, 1.82) is 0 Å². The summed E-state index contributed by atoms with van der Waals surface area (Å²) in [5.41, 5.74) is 0.261. The first-order chi connectivity index (χ1) is 9.93. The number of nitrogens with zero attached hydrogens (tertiary/aromatic N) is 2. The molecule has 0 bridgehead atoms. The Kier molecular flexibility index (Phi) is 3.88. The maximum absolute atomic E-state index is 11.8. The number of anilines is 1. The Hall–Kier alpha value is -2.90.